The molecule has 0 fully saturated rings. The summed E-state index contributed by atoms with van der Waals surface area (Å²) in [4.78, 5) is 0.0392. The molecule has 0 aliphatic carbocycles. The molecule has 1 aromatic heterocycles. The number of hydrogen-bond acceptors (Lipinski definition) is 5. The van der Waals surface area contributed by atoms with Gasteiger partial charge in [0, 0.05) is 22.3 Å². The summed E-state index contributed by atoms with van der Waals surface area (Å²) >= 11 is 13.6. The number of nitrogens with two attached hydrogens (primary N) is 3. The molecule has 0 atom stereocenters. The third-order valence-corrected chi connectivity index (χ3v) is 4.47. The van der Waals surface area contributed by atoms with E-state index in [0.717, 1.165) is 11.1 Å². The van der Waals surface area contributed by atoms with Crippen molar-refractivity contribution in [2.24, 2.45) is 16.6 Å². The summed E-state index contributed by atoms with van der Waals surface area (Å²) < 4.78 is 23.5. The van der Waals surface area contributed by atoms with Gasteiger partial charge in [-0.15, -0.1) is 6.58 Å². The van der Waals surface area contributed by atoms with Crippen LogP contribution in [0.3, 0.4) is 0 Å². The Balaban J connectivity index is -0.000000673. The number of primary sulfonamides is 1. The number of aliphatic hydroxyl groups excluding tert-OH is 2. The van der Waals surface area contributed by atoms with Crippen LogP contribution in [0.15, 0.2) is 72.3 Å². The summed E-state index contributed by atoms with van der Waals surface area (Å²) in [6.45, 7) is 5.25. The number of allylic oxidation sites excluding steroid dienone is 1. The number of sulfonamides is 1. The van der Waals surface area contributed by atoms with Crippen molar-refractivity contribution in [3.05, 3.63) is 72.4 Å². The summed E-state index contributed by atoms with van der Waals surface area (Å²) in [5.41, 5.74) is 11.4. The number of H-pyrrole nitrogens is 1. The second-order valence-corrected chi connectivity index (χ2v) is 8.58. The zero-order valence-electron chi connectivity index (χ0n) is 18.0. The van der Waals surface area contributed by atoms with Crippen molar-refractivity contribution in [3.63, 3.8) is 0 Å². The molecule has 0 unspecified atom stereocenters. The van der Waals surface area contributed by atoms with Crippen LogP contribution in [-0.2, 0) is 10.0 Å². The Morgan fingerprint density at radius 3 is 1.91 bits per heavy atom. The van der Waals surface area contributed by atoms with E-state index in [1.54, 1.807) is 42.6 Å². The summed E-state index contributed by atoms with van der Waals surface area (Å²) in [5.74, 6) is 0. The monoisotopic (exact) mass is 563 g/mol. The summed E-state index contributed by atoms with van der Waals surface area (Å²) in [6, 6.07) is 13.7. The largest absolute Gasteiger partial charge is 0.487 e. The lowest BCUT2D eigenvalue weighted by atomic mass is 10.0. The average molecular weight is 564 g/mol. The lowest BCUT2D eigenvalue weighted by Gasteiger charge is -2.07. The molecule has 0 saturated carbocycles. The second kappa shape index (κ2) is 18.3. The standard InChI is InChI=1S/C15H12ClN3O2S.C3H6.2CH3NOS.CH4.H2O/c16-11-7-5-10(6-8-11)13-9-18-19-15(13)12-3-1-2-4-14(12)22(17,20)21;1-3-2;2*2-1(3)4;;/h1-9H,(H,18,19)(H2,17,20,21);3H,1H2,2H3;2*(H3,2,3,4);1H4;1H2. The second-order valence-electron chi connectivity index (χ2n) is 5.78. The van der Waals surface area contributed by atoms with Crippen LogP contribution in [0.1, 0.15) is 14.4 Å². The first-order chi connectivity index (χ1) is 15.3. The number of aromatic nitrogens is 2. The maximum atomic E-state index is 11.8. The Bertz CT molecular complexity index is 1150. The first-order valence-corrected chi connectivity index (χ1v) is 11.5. The van der Waals surface area contributed by atoms with Gasteiger partial charge in [0.05, 0.1) is 4.90 Å². The van der Waals surface area contributed by atoms with Gasteiger partial charge in [0.25, 0.3) is 10.3 Å². The highest BCUT2D eigenvalue weighted by Gasteiger charge is 2.19. The van der Waals surface area contributed by atoms with Crippen molar-refractivity contribution in [1.82, 2.24) is 10.2 Å². The molecule has 11 N–H and O–H groups in total. The SMILES string of the molecule is C.C=CC.NC(O)=S.NC(O)=S.NS(=O)(=O)c1ccccc1-c1n[nH]cc1-c1ccc(Cl)cc1.O. The number of hydrogen-bond donors (Lipinski definition) is 6. The van der Waals surface area contributed by atoms with E-state index in [0.29, 0.717) is 16.3 Å². The van der Waals surface area contributed by atoms with Crippen molar-refractivity contribution >= 4 is 56.4 Å². The van der Waals surface area contributed by atoms with Crippen molar-refractivity contribution in [2.45, 2.75) is 19.2 Å². The van der Waals surface area contributed by atoms with Crippen LogP contribution in [0.2, 0.25) is 5.02 Å². The lowest BCUT2D eigenvalue weighted by molar-refractivity contribution is 0.559. The van der Waals surface area contributed by atoms with Crippen LogP contribution in [0.5, 0.6) is 0 Å². The molecule has 194 valence electrons. The van der Waals surface area contributed by atoms with Crippen LogP contribution in [0, 0.1) is 0 Å². The van der Waals surface area contributed by atoms with Crippen molar-refractivity contribution in [1.29, 1.82) is 0 Å². The van der Waals surface area contributed by atoms with Crippen molar-refractivity contribution in [2.75, 3.05) is 0 Å². The number of aliphatic hydroxyl groups is 2. The van der Waals surface area contributed by atoms with E-state index >= 15 is 0 Å². The van der Waals surface area contributed by atoms with E-state index in [1.165, 1.54) is 6.07 Å². The molecular formula is C21H30ClN5O5S3. The average Bonchev–Trinajstić information content (AvgIpc) is 3.17. The fourth-order valence-electron chi connectivity index (χ4n) is 2.26. The number of benzene rings is 2. The third kappa shape index (κ3) is 14.7. The molecule has 0 saturated heterocycles. The Hall–Kier alpha value is -3.07. The van der Waals surface area contributed by atoms with Gasteiger partial charge in [0.1, 0.15) is 5.69 Å². The van der Waals surface area contributed by atoms with E-state index < -0.39 is 20.4 Å². The Kier molecular flexibility index (Phi) is 19.1. The molecule has 0 aliphatic rings. The van der Waals surface area contributed by atoms with E-state index in [9.17, 15) is 8.42 Å². The van der Waals surface area contributed by atoms with Crippen LogP contribution in [0.4, 0.5) is 0 Å². The predicted molar refractivity (Wildman–Crippen MR) is 151 cm³/mol. The molecule has 10 nitrogen and oxygen atoms in total. The minimum Gasteiger partial charge on any atom is -0.487 e. The predicted octanol–water partition coefficient (Wildman–Crippen LogP) is 3.62. The normalized spacial score (nSPS) is 9.00. The molecule has 0 aliphatic heterocycles. The first kappa shape index (κ1) is 36.5. The quantitative estimate of drug-likeness (QED) is 0.202. The minimum absolute atomic E-state index is 0. The van der Waals surface area contributed by atoms with Gasteiger partial charge in [0.2, 0.25) is 10.0 Å². The number of aromatic amines is 1. The zero-order chi connectivity index (χ0) is 25.6. The number of nitrogens with zero attached hydrogens (tertiary/aromatic N) is 1. The van der Waals surface area contributed by atoms with Gasteiger partial charge >= 0.3 is 0 Å². The topological polar surface area (TPSA) is 213 Å². The molecule has 35 heavy (non-hydrogen) atoms. The highest BCUT2D eigenvalue weighted by atomic mass is 35.5. The number of thiocarbonyl (C=S) groups is 2. The molecule has 0 spiro atoms. The van der Waals surface area contributed by atoms with Crippen molar-refractivity contribution < 1.29 is 24.1 Å². The van der Waals surface area contributed by atoms with Gasteiger partial charge in [-0.3, -0.25) is 5.10 Å². The van der Waals surface area contributed by atoms with Gasteiger partial charge in [-0.05, 0) is 55.1 Å². The lowest BCUT2D eigenvalue weighted by Crippen LogP contribution is -2.13. The van der Waals surface area contributed by atoms with Gasteiger partial charge < -0.3 is 27.2 Å². The van der Waals surface area contributed by atoms with E-state index in [2.05, 4.69) is 52.7 Å². The molecule has 0 amide bonds. The minimum atomic E-state index is -3.84. The van der Waals surface area contributed by atoms with Gasteiger partial charge in [-0.2, -0.15) is 5.10 Å². The van der Waals surface area contributed by atoms with E-state index in [4.69, 9.17) is 27.0 Å². The maximum absolute atomic E-state index is 11.8. The molecule has 0 bridgehead atoms. The molecule has 2 aromatic carbocycles. The smallest absolute Gasteiger partial charge is 0.251 e. The van der Waals surface area contributed by atoms with Crippen LogP contribution < -0.4 is 16.6 Å². The van der Waals surface area contributed by atoms with Gasteiger partial charge in [-0.25, -0.2) is 13.6 Å². The highest BCUT2D eigenvalue weighted by molar-refractivity contribution is 7.89. The number of halogens is 1. The summed E-state index contributed by atoms with van der Waals surface area (Å²) in [6.07, 6.45) is 3.46. The Morgan fingerprint density at radius 1 is 1.06 bits per heavy atom. The summed E-state index contributed by atoms with van der Waals surface area (Å²) in [5, 5.41) is 27.0. The van der Waals surface area contributed by atoms with Crippen molar-refractivity contribution in [3.8, 4) is 22.4 Å². The Morgan fingerprint density at radius 2 is 1.49 bits per heavy atom. The molecule has 14 heteroatoms. The van der Waals surface area contributed by atoms with E-state index in [1.807, 2.05) is 19.1 Å². The number of nitrogens with one attached hydrogen (secondary N) is 1. The first-order valence-electron chi connectivity index (χ1n) is 8.80. The van der Waals surface area contributed by atoms with Crippen LogP contribution >= 0.6 is 36.0 Å². The fraction of sp³-hybridized carbons (Fsp3) is 0.0952. The van der Waals surface area contributed by atoms with E-state index in [-0.39, 0.29) is 17.8 Å². The van der Waals surface area contributed by atoms with Crippen LogP contribution in [-0.4, -0.2) is 44.7 Å². The molecular weight excluding hydrogens is 534 g/mol. The molecule has 0 radical (unpaired) electrons. The van der Waals surface area contributed by atoms with Gasteiger partial charge in [0.15, 0.2) is 0 Å². The fourth-order valence-corrected chi connectivity index (χ4v) is 3.12. The highest BCUT2D eigenvalue weighted by Crippen LogP contribution is 2.33. The Labute approximate surface area is 220 Å². The zero-order valence-corrected chi connectivity index (χ0v) is 21.2. The molecule has 3 rings (SSSR count). The summed E-state index contributed by atoms with van der Waals surface area (Å²) in [7, 11) is -3.84. The van der Waals surface area contributed by atoms with Crippen LogP contribution in [0.25, 0.3) is 22.4 Å². The third-order valence-electron chi connectivity index (χ3n) is 3.24. The number of rotatable bonds is 3. The maximum Gasteiger partial charge on any atom is 0.251 e. The molecule has 3 aromatic rings. The molecule has 1 heterocycles. The van der Waals surface area contributed by atoms with Gasteiger partial charge in [-0.1, -0.05) is 55.4 Å².